The molecule has 0 amide bonds. The van der Waals surface area contributed by atoms with Crippen LogP contribution in [0.3, 0.4) is 0 Å². The van der Waals surface area contributed by atoms with E-state index in [2.05, 4.69) is 34.5 Å². The zero-order valence-electron chi connectivity index (χ0n) is 16.6. The molecular formula is C21H29IN4O2. The lowest BCUT2D eigenvalue weighted by atomic mass is 9.55. The number of fused-ring (bicyclic) bond motifs is 1. The summed E-state index contributed by atoms with van der Waals surface area (Å²) in [6.07, 6.45) is 4.40. The van der Waals surface area contributed by atoms with Gasteiger partial charge in [-0.15, -0.1) is 24.0 Å². The van der Waals surface area contributed by atoms with Gasteiger partial charge in [0.1, 0.15) is 6.26 Å². The van der Waals surface area contributed by atoms with Crippen LogP contribution >= 0.6 is 24.0 Å². The van der Waals surface area contributed by atoms with Gasteiger partial charge in [0.15, 0.2) is 5.96 Å². The fourth-order valence-corrected chi connectivity index (χ4v) is 4.43. The predicted molar refractivity (Wildman–Crippen MR) is 121 cm³/mol. The van der Waals surface area contributed by atoms with Gasteiger partial charge in [-0.3, -0.25) is 4.99 Å². The highest BCUT2D eigenvalue weighted by atomic mass is 127. The van der Waals surface area contributed by atoms with Gasteiger partial charge in [0.2, 0.25) is 5.89 Å². The van der Waals surface area contributed by atoms with Gasteiger partial charge >= 0.3 is 0 Å². The molecule has 1 saturated heterocycles. The maximum absolute atomic E-state index is 5.99. The van der Waals surface area contributed by atoms with E-state index in [4.69, 9.17) is 9.15 Å². The molecule has 4 rings (SSSR count). The van der Waals surface area contributed by atoms with Crippen molar-refractivity contribution in [3.05, 3.63) is 42.3 Å². The van der Waals surface area contributed by atoms with Crippen LogP contribution in [0, 0.1) is 11.3 Å². The Morgan fingerprint density at radius 1 is 1.29 bits per heavy atom. The molecule has 2 heterocycles. The molecule has 152 valence electrons. The Bertz CT molecular complexity index is 806. The molecule has 6 nitrogen and oxygen atoms in total. The number of guanidine groups is 1. The summed E-state index contributed by atoms with van der Waals surface area (Å²) in [7, 11) is 1.80. The Labute approximate surface area is 183 Å². The Hall–Kier alpha value is -1.61. The largest absolute Gasteiger partial charge is 0.444 e. The lowest BCUT2D eigenvalue weighted by molar-refractivity contribution is -0.188. The van der Waals surface area contributed by atoms with Crippen molar-refractivity contribution in [2.45, 2.75) is 45.4 Å². The molecular weight excluding hydrogens is 467 g/mol. The van der Waals surface area contributed by atoms with Crippen LogP contribution in [-0.2, 0) is 11.3 Å². The first-order chi connectivity index (χ1) is 13.1. The van der Waals surface area contributed by atoms with Crippen molar-refractivity contribution >= 4 is 29.9 Å². The summed E-state index contributed by atoms with van der Waals surface area (Å²) in [5, 5.41) is 6.96. The molecule has 2 aliphatic rings. The summed E-state index contributed by atoms with van der Waals surface area (Å²) < 4.78 is 11.6. The Kier molecular flexibility index (Phi) is 6.65. The first-order valence-corrected chi connectivity index (χ1v) is 9.68. The van der Waals surface area contributed by atoms with E-state index in [1.807, 2.05) is 30.3 Å². The Balaban J connectivity index is 0.00000225. The number of aromatic nitrogens is 1. The van der Waals surface area contributed by atoms with Gasteiger partial charge in [0.05, 0.1) is 18.3 Å². The normalized spacial score (nSPS) is 25.8. The summed E-state index contributed by atoms with van der Waals surface area (Å²) in [5.74, 6) is 1.99. The fraction of sp³-hybridized carbons (Fsp3) is 0.524. The van der Waals surface area contributed by atoms with E-state index < -0.39 is 0 Å². The van der Waals surface area contributed by atoms with Crippen LogP contribution in [0.25, 0.3) is 11.5 Å². The zero-order chi connectivity index (χ0) is 18.9. The van der Waals surface area contributed by atoms with Crippen LogP contribution in [0.4, 0.5) is 0 Å². The monoisotopic (exact) mass is 496 g/mol. The third-order valence-corrected chi connectivity index (χ3v) is 5.86. The van der Waals surface area contributed by atoms with Crippen molar-refractivity contribution in [3.63, 3.8) is 0 Å². The SMILES string of the molecule is CN=C(NCc1coc(-c2ccccc2)n1)NC1C2CCCOC2C1(C)C.I. The van der Waals surface area contributed by atoms with Crippen molar-refractivity contribution in [1.29, 1.82) is 0 Å². The van der Waals surface area contributed by atoms with Crippen LogP contribution in [0.1, 0.15) is 32.4 Å². The van der Waals surface area contributed by atoms with E-state index in [9.17, 15) is 0 Å². The summed E-state index contributed by atoms with van der Waals surface area (Å²) in [6.45, 7) is 6.00. The van der Waals surface area contributed by atoms with Crippen molar-refractivity contribution in [3.8, 4) is 11.5 Å². The summed E-state index contributed by atoms with van der Waals surface area (Å²) >= 11 is 0. The first-order valence-electron chi connectivity index (χ1n) is 9.68. The molecule has 1 saturated carbocycles. The maximum Gasteiger partial charge on any atom is 0.226 e. The third-order valence-electron chi connectivity index (χ3n) is 5.86. The molecule has 1 aliphatic heterocycles. The summed E-state index contributed by atoms with van der Waals surface area (Å²) in [6, 6.07) is 10.3. The van der Waals surface area contributed by atoms with Crippen LogP contribution in [0.2, 0.25) is 0 Å². The topological polar surface area (TPSA) is 71.7 Å². The van der Waals surface area contributed by atoms with Gasteiger partial charge in [0.25, 0.3) is 0 Å². The van der Waals surface area contributed by atoms with Gasteiger partial charge in [-0.1, -0.05) is 32.0 Å². The number of hydrogen-bond donors (Lipinski definition) is 2. The number of rotatable bonds is 4. The van der Waals surface area contributed by atoms with Crippen molar-refractivity contribution in [2.24, 2.45) is 16.3 Å². The molecule has 2 fully saturated rings. The number of nitrogens with zero attached hydrogens (tertiary/aromatic N) is 2. The standard InChI is InChI=1S/C21H28N4O2.HI/c1-21(2)17(16-10-7-11-26-18(16)21)25-20(22-3)23-12-15-13-27-19(24-15)14-8-5-4-6-9-14;/h4-6,8-9,13,16-18H,7,10-12H2,1-3H3,(H2,22,23,25);1H. The van der Waals surface area contributed by atoms with Crippen LogP contribution in [0.5, 0.6) is 0 Å². The third kappa shape index (κ3) is 4.05. The molecule has 0 bridgehead atoms. The number of halogens is 1. The molecule has 2 aromatic rings. The first kappa shape index (κ1) is 21.1. The highest BCUT2D eigenvalue weighted by molar-refractivity contribution is 14.0. The van der Waals surface area contributed by atoms with E-state index >= 15 is 0 Å². The smallest absolute Gasteiger partial charge is 0.226 e. The minimum Gasteiger partial charge on any atom is -0.444 e. The van der Waals surface area contributed by atoms with E-state index in [0.29, 0.717) is 30.5 Å². The second kappa shape index (κ2) is 8.82. The second-order valence-electron chi connectivity index (χ2n) is 7.98. The molecule has 7 heteroatoms. The Morgan fingerprint density at radius 3 is 2.82 bits per heavy atom. The van der Waals surface area contributed by atoms with Crippen molar-refractivity contribution in [1.82, 2.24) is 15.6 Å². The molecule has 1 aromatic heterocycles. The average Bonchev–Trinajstić information content (AvgIpc) is 3.18. The molecule has 1 aromatic carbocycles. The van der Waals surface area contributed by atoms with E-state index in [1.165, 1.54) is 6.42 Å². The van der Waals surface area contributed by atoms with Crippen LogP contribution in [-0.4, -0.2) is 36.7 Å². The summed E-state index contributed by atoms with van der Waals surface area (Å²) in [4.78, 5) is 8.95. The van der Waals surface area contributed by atoms with Crippen molar-refractivity contribution < 1.29 is 9.15 Å². The lowest BCUT2D eigenvalue weighted by Gasteiger charge is -2.60. The summed E-state index contributed by atoms with van der Waals surface area (Å²) in [5.41, 5.74) is 1.94. The van der Waals surface area contributed by atoms with E-state index in [-0.39, 0.29) is 29.4 Å². The fourth-order valence-electron chi connectivity index (χ4n) is 4.43. The van der Waals surface area contributed by atoms with Crippen molar-refractivity contribution in [2.75, 3.05) is 13.7 Å². The predicted octanol–water partition coefficient (Wildman–Crippen LogP) is 3.83. The number of ether oxygens (including phenoxy) is 1. The van der Waals surface area contributed by atoms with E-state index in [1.54, 1.807) is 13.3 Å². The lowest BCUT2D eigenvalue weighted by Crippen LogP contribution is -2.71. The second-order valence-corrected chi connectivity index (χ2v) is 7.98. The number of aliphatic imine (C=N–C) groups is 1. The number of benzene rings is 1. The highest BCUT2D eigenvalue weighted by Gasteiger charge is 2.58. The van der Waals surface area contributed by atoms with Gasteiger partial charge in [-0.2, -0.15) is 0 Å². The van der Waals surface area contributed by atoms with Crippen LogP contribution in [0.15, 0.2) is 46.0 Å². The minimum atomic E-state index is 0. The molecule has 2 N–H and O–H groups in total. The average molecular weight is 496 g/mol. The van der Waals surface area contributed by atoms with Gasteiger partial charge in [-0.25, -0.2) is 4.98 Å². The Morgan fingerprint density at radius 2 is 2.07 bits per heavy atom. The molecule has 3 unspecified atom stereocenters. The quantitative estimate of drug-likeness (QED) is 0.383. The minimum absolute atomic E-state index is 0. The molecule has 0 radical (unpaired) electrons. The maximum atomic E-state index is 5.99. The van der Waals surface area contributed by atoms with Gasteiger partial charge in [0, 0.05) is 36.6 Å². The molecule has 28 heavy (non-hydrogen) atoms. The molecule has 1 aliphatic carbocycles. The molecule has 3 atom stereocenters. The molecule has 0 spiro atoms. The highest BCUT2D eigenvalue weighted by Crippen LogP contribution is 2.51. The van der Waals surface area contributed by atoms with E-state index in [0.717, 1.165) is 30.2 Å². The van der Waals surface area contributed by atoms with Crippen LogP contribution < -0.4 is 10.6 Å². The van der Waals surface area contributed by atoms with Gasteiger partial charge < -0.3 is 19.8 Å². The zero-order valence-corrected chi connectivity index (χ0v) is 19.0. The van der Waals surface area contributed by atoms with Gasteiger partial charge in [-0.05, 0) is 25.0 Å². The number of oxazole rings is 1. The number of nitrogens with one attached hydrogen (secondary N) is 2. The number of hydrogen-bond acceptors (Lipinski definition) is 4.